The number of ketones is 1. The average Bonchev–Trinajstić information content (AvgIpc) is 2.95. The maximum Gasteiger partial charge on any atom is 0.188 e. The highest BCUT2D eigenvalue weighted by molar-refractivity contribution is 6.00. The summed E-state index contributed by atoms with van der Waals surface area (Å²) >= 11 is 0. The topological polar surface area (TPSA) is 87.7 Å². The molecule has 4 aliphatic rings. The van der Waals surface area contributed by atoms with Gasteiger partial charge in [-0.2, -0.15) is 0 Å². The Morgan fingerprint density at radius 2 is 2.15 bits per heavy atom. The monoisotopic (exact) mass is 373 g/mol. The molecule has 150 valence electrons. The number of Topliss-reactive ketones (excluding diaryl/α,β-unsaturated/α-hetero) is 1. The zero-order valence-electron chi connectivity index (χ0n) is 17.1. The number of carbonyl (C=O) groups is 1. The molecule has 4 rings (SSSR count). The molecule has 5 nitrogen and oxygen atoms in total. The largest absolute Gasteiger partial charge is 0.396 e. The predicted molar refractivity (Wildman–Crippen MR) is 107 cm³/mol. The highest BCUT2D eigenvalue weighted by atomic mass is 16.3. The van der Waals surface area contributed by atoms with E-state index in [0.29, 0.717) is 42.0 Å². The molecule has 0 aromatic carbocycles. The number of rotatable bonds is 5. The SMILES string of the molecule is C[C@@H]1[C@@H](CO)C[C@@H]2CC3=C(CCC[C@H]4CCN=C(N)N4)C(=O)C[C@@]31C2(C)C. The number of nitrogens with two attached hydrogens (primary N) is 1. The molecule has 1 aliphatic heterocycles. The number of carbonyl (C=O) groups excluding carboxylic acids is 1. The Labute approximate surface area is 162 Å². The number of nitrogens with one attached hydrogen (secondary N) is 1. The van der Waals surface area contributed by atoms with Crippen LogP contribution < -0.4 is 11.1 Å². The molecule has 5 heteroatoms. The molecule has 2 saturated carbocycles. The lowest BCUT2D eigenvalue weighted by atomic mass is 9.50. The normalized spacial score (nSPS) is 40.0. The molecule has 3 aliphatic carbocycles. The van der Waals surface area contributed by atoms with Gasteiger partial charge in [0.25, 0.3) is 0 Å². The first-order valence-corrected chi connectivity index (χ1v) is 10.7. The minimum atomic E-state index is -0.0180. The summed E-state index contributed by atoms with van der Waals surface area (Å²) in [4.78, 5) is 17.3. The third-order valence-corrected chi connectivity index (χ3v) is 8.70. The van der Waals surface area contributed by atoms with Crippen LogP contribution in [0, 0.1) is 28.6 Å². The summed E-state index contributed by atoms with van der Waals surface area (Å²) in [6.07, 6.45) is 6.81. The van der Waals surface area contributed by atoms with Crippen LogP contribution in [0.25, 0.3) is 0 Å². The number of nitrogens with zero attached hydrogens (tertiary/aromatic N) is 1. The van der Waals surface area contributed by atoms with Gasteiger partial charge in [-0.1, -0.05) is 26.3 Å². The van der Waals surface area contributed by atoms with Gasteiger partial charge in [0.2, 0.25) is 0 Å². The van der Waals surface area contributed by atoms with Crippen molar-refractivity contribution in [1.29, 1.82) is 0 Å². The van der Waals surface area contributed by atoms with Crippen LogP contribution in [0.1, 0.15) is 65.7 Å². The Morgan fingerprint density at radius 1 is 1.37 bits per heavy atom. The van der Waals surface area contributed by atoms with Gasteiger partial charge in [-0.25, -0.2) is 0 Å². The molecular formula is C22H35N3O2. The number of aliphatic hydroxyl groups is 1. The maximum atomic E-state index is 13.1. The van der Waals surface area contributed by atoms with Crippen LogP contribution in [0.15, 0.2) is 16.1 Å². The lowest BCUT2D eigenvalue weighted by molar-refractivity contribution is -0.122. The highest BCUT2D eigenvalue weighted by Gasteiger charge is 2.67. The lowest BCUT2D eigenvalue weighted by Gasteiger charge is -2.54. The van der Waals surface area contributed by atoms with Crippen molar-refractivity contribution in [2.75, 3.05) is 13.2 Å². The number of guanidine groups is 1. The van der Waals surface area contributed by atoms with Crippen LogP contribution in [0.5, 0.6) is 0 Å². The third kappa shape index (κ3) is 2.68. The van der Waals surface area contributed by atoms with E-state index in [4.69, 9.17) is 5.73 Å². The van der Waals surface area contributed by atoms with Crippen LogP contribution in [0.2, 0.25) is 0 Å². The van der Waals surface area contributed by atoms with Gasteiger partial charge in [-0.05, 0) is 67.3 Å². The first kappa shape index (κ1) is 19.0. The molecule has 27 heavy (non-hydrogen) atoms. The van der Waals surface area contributed by atoms with Crippen LogP contribution in [0.4, 0.5) is 0 Å². The van der Waals surface area contributed by atoms with Crippen molar-refractivity contribution in [3.63, 3.8) is 0 Å². The van der Waals surface area contributed by atoms with Crippen LogP contribution in [-0.4, -0.2) is 36.0 Å². The molecule has 0 unspecified atom stereocenters. The van der Waals surface area contributed by atoms with Gasteiger partial charge >= 0.3 is 0 Å². The van der Waals surface area contributed by atoms with Crippen LogP contribution in [-0.2, 0) is 4.79 Å². The fraction of sp³-hybridized carbons (Fsp3) is 0.818. The second kappa shape index (κ2) is 6.61. The van der Waals surface area contributed by atoms with Gasteiger partial charge in [0.05, 0.1) is 0 Å². The van der Waals surface area contributed by atoms with Gasteiger partial charge in [-0.15, -0.1) is 0 Å². The summed E-state index contributed by atoms with van der Waals surface area (Å²) in [6.45, 7) is 8.09. The quantitative estimate of drug-likeness (QED) is 0.691. The van der Waals surface area contributed by atoms with Crippen molar-refractivity contribution in [2.45, 2.75) is 71.8 Å². The van der Waals surface area contributed by atoms with Crippen molar-refractivity contribution in [1.82, 2.24) is 5.32 Å². The number of aliphatic hydroxyl groups excluding tert-OH is 1. The van der Waals surface area contributed by atoms with Gasteiger partial charge in [-0.3, -0.25) is 9.79 Å². The van der Waals surface area contributed by atoms with E-state index in [-0.39, 0.29) is 17.4 Å². The van der Waals surface area contributed by atoms with E-state index >= 15 is 0 Å². The lowest BCUT2D eigenvalue weighted by Crippen LogP contribution is -2.49. The molecule has 1 spiro atoms. The second-order valence-electron chi connectivity index (χ2n) is 9.91. The van der Waals surface area contributed by atoms with E-state index in [1.165, 1.54) is 5.57 Å². The molecule has 5 atom stereocenters. The highest BCUT2D eigenvalue weighted by Crippen LogP contribution is 2.73. The van der Waals surface area contributed by atoms with E-state index in [9.17, 15) is 9.90 Å². The van der Waals surface area contributed by atoms with Crippen LogP contribution in [0.3, 0.4) is 0 Å². The summed E-state index contributed by atoms with van der Waals surface area (Å²) < 4.78 is 0. The van der Waals surface area contributed by atoms with Crippen LogP contribution >= 0.6 is 0 Å². The fourth-order valence-electron chi connectivity index (χ4n) is 7.00. The van der Waals surface area contributed by atoms with E-state index in [2.05, 4.69) is 31.1 Å². The second-order valence-corrected chi connectivity index (χ2v) is 9.91. The molecule has 0 amide bonds. The van der Waals surface area contributed by atoms with E-state index in [1.54, 1.807) is 0 Å². The zero-order valence-corrected chi connectivity index (χ0v) is 17.1. The minimum Gasteiger partial charge on any atom is -0.396 e. The van der Waals surface area contributed by atoms with E-state index in [0.717, 1.165) is 50.6 Å². The first-order chi connectivity index (χ1) is 12.8. The average molecular weight is 374 g/mol. The molecule has 2 fully saturated rings. The van der Waals surface area contributed by atoms with Crippen molar-refractivity contribution in [3.8, 4) is 0 Å². The molecule has 2 bridgehead atoms. The summed E-state index contributed by atoms with van der Waals surface area (Å²) in [5.41, 5.74) is 8.53. The Hall–Kier alpha value is -1.36. The summed E-state index contributed by atoms with van der Waals surface area (Å²) in [6, 6.07) is 0.385. The number of fused-ring (bicyclic) bond motifs is 1. The van der Waals surface area contributed by atoms with Crippen molar-refractivity contribution < 1.29 is 9.90 Å². The number of allylic oxidation sites excluding steroid dienone is 2. The van der Waals surface area contributed by atoms with Crippen molar-refractivity contribution in [3.05, 3.63) is 11.1 Å². The fourth-order valence-corrected chi connectivity index (χ4v) is 7.00. The molecule has 4 N–H and O–H groups in total. The number of aliphatic imine (C=N–C) groups is 1. The van der Waals surface area contributed by atoms with Gasteiger partial charge in [0, 0.05) is 31.0 Å². The molecule has 0 aromatic heterocycles. The van der Waals surface area contributed by atoms with Gasteiger partial charge < -0.3 is 16.2 Å². The Kier molecular flexibility index (Phi) is 4.65. The minimum absolute atomic E-state index is 0.0180. The molecular weight excluding hydrogens is 338 g/mol. The van der Waals surface area contributed by atoms with E-state index < -0.39 is 0 Å². The third-order valence-electron chi connectivity index (χ3n) is 8.70. The Morgan fingerprint density at radius 3 is 2.85 bits per heavy atom. The Balaban J connectivity index is 1.54. The molecule has 0 radical (unpaired) electrons. The molecule has 0 aromatic rings. The Bertz CT molecular complexity index is 696. The van der Waals surface area contributed by atoms with E-state index in [1.807, 2.05) is 0 Å². The molecule has 1 heterocycles. The summed E-state index contributed by atoms with van der Waals surface area (Å²) in [5, 5.41) is 13.2. The zero-order chi connectivity index (χ0) is 19.4. The maximum absolute atomic E-state index is 13.1. The van der Waals surface area contributed by atoms with Crippen molar-refractivity contribution >= 4 is 11.7 Å². The number of hydrogen-bond acceptors (Lipinski definition) is 5. The standard InChI is InChI=1S/C22H35N3O2/c1-13-14(12-26)9-15-10-18-17(19(27)11-22(13,18)21(15,2)3)6-4-5-16-7-8-24-20(23)25-16/h13-16,26H,4-12H2,1-3H3,(H3,23,24,25)/t13-,14-,15-,16+,22+/m1/s1. The van der Waals surface area contributed by atoms with Gasteiger partial charge in [0.1, 0.15) is 0 Å². The summed E-state index contributed by atoms with van der Waals surface area (Å²) in [7, 11) is 0. The van der Waals surface area contributed by atoms with Gasteiger partial charge in [0.15, 0.2) is 11.7 Å². The first-order valence-electron chi connectivity index (χ1n) is 10.7. The summed E-state index contributed by atoms with van der Waals surface area (Å²) in [5.74, 6) is 2.24. The molecule has 0 saturated heterocycles. The number of hydrogen-bond donors (Lipinski definition) is 3. The smallest absolute Gasteiger partial charge is 0.188 e. The predicted octanol–water partition coefficient (Wildman–Crippen LogP) is 2.78. The van der Waals surface area contributed by atoms with Crippen molar-refractivity contribution in [2.24, 2.45) is 39.3 Å².